The summed E-state index contributed by atoms with van der Waals surface area (Å²) >= 11 is 15.1. The second-order valence-electron chi connectivity index (χ2n) is 3.70. The highest BCUT2D eigenvalue weighted by atomic mass is 79.9. The summed E-state index contributed by atoms with van der Waals surface area (Å²) in [6, 6.07) is 6.76. The van der Waals surface area contributed by atoms with E-state index in [1.54, 1.807) is 24.3 Å². The number of aromatic nitrogens is 1. The fourth-order valence-corrected chi connectivity index (χ4v) is 2.15. The van der Waals surface area contributed by atoms with Crippen LogP contribution in [-0.4, -0.2) is 10.1 Å². The number of hydrogen-bond acceptors (Lipinski definition) is 3. The molecule has 0 radical (unpaired) electrons. The summed E-state index contributed by atoms with van der Waals surface area (Å²) in [5, 5.41) is 11.2. The van der Waals surface area contributed by atoms with E-state index in [1.807, 2.05) is 0 Å². The van der Waals surface area contributed by atoms with Crippen LogP contribution >= 0.6 is 39.1 Å². The van der Waals surface area contributed by atoms with Gasteiger partial charge in [-0.05, 0) is 39.7 Å². The average molecular weight is 348 g/mol. The SMILES string of the molecule is Nc1ncc(Cl)cc1C(O)c1ccc(Br)c(Cl)c1. The van der Waals surface area contributed by atoms with E-state index in [0.717, 1.165) is 4.47 Å². The summed E-state index contributed by atoms with van der Waals surface area (Å²) in [7, 11) is 0. The Balaban J connectivity index is 2.44. The summed E-state index contributed by atoms with van der Waals surface area (Å²) < 4.78 is 0.761. The number of pyridine rings is 1. The van der Waals surface area contributed by atoms with Crippen LogP contribution in [0.3, 0.4) is 0 Å². The van der Waals surface area contributed by atoms with Crippen molar-refractivity contribution in [3.8, 4) is 0 Å². The van der Waals surface area contributed by atoms with Crippen molar-refractivity contribution in [3.05, 3.63) is 56.1 Å². The third kappa shape index (κ3) is 2.78. The first-order valence-electron chi connectivity index (χ1n) is 5.03. The highest BCUT2D eigenvalue weighted by molar-refractivity contribution is 9.10. The number of aliphatic hydroxyl groups excluding tert-OH is 1. The third-order valence-corrected chi connectivity index (χ3v) is 3.91. The van der Waals surface area contributed by atoms with Crippen LogP contribution < -0.4 is 5.73 Å². The zero-order valence-corrected chi connectivity index (χ0v) is 12.2. The molecule has 18 heavy (non-hydrogen) atoms. The van der Waals surface area contributed by atoms with Gasteiger partial charge in [-0.25, -0.2) is 4.98 Å². The highest BCUT2D eigenvalue weighted by Gasteiger charge is 2.16. The molecule has 0 aliphatic rings. The Hall–Kier alpha value is -0.810. The molecule has 0 saturated heterocycles. The summed E-state index contributed by atoms with van der Waals surface area (Å²) in [5.74, 6) is 0.242. The lowest BCUT2D eigenvalue weighted by atomic mass is 10.0. The molecule has 3 N–H and O–H groups in total. The average Bonchev–Trinajstić information content (AvgIpc) is 2.35. The van der Waals surface area contributed by atoms with Gasteiger partial charge in [0.1, 0.15) is 11.9 Å². The molecule has 0 saturated carbocycles. The van der Waals surface area contributed by atoms with Gasteiger partial charge < -0.3 is 10.8 Å². The Kier molecular flexibility index (Phi) is 4.12. The molecular weight excluding hydrogens is 339 g/mol. The molecule has 0 aliphatic heterocycles. The van der Waals surface area contributed by atoms with Crippen LogP contribution in [0.15, 0.2) is 34.9 Å². The Morgan fingerprint density at radius 1 is 1.28 bits per heavy atom. The van der Waals surface area contributed by atoms with Crippen molar-refractivity contribution in [2.24, 2.45) is 0 Å². The number of rotatable bonds is 2. The molecule has 1 aromatic heterocycles. The number of nitrogens with two attached hydrogens (primary N) is 1. The van der Waals surface area contributed by atoms with Gasteiger partial charge >= 0.3 is 0 Å². The largest absolute Gasteiger partial charge is 0.384 e. The van der Waals surface area contributed by atoms with Gasteiger partial charge in [0.25, 0.3) is 0 Å². The summed E-state index contributed by atoms with van der Waals surface area (Å²) in [6.07, 6.45) is 0.517. The maximum absolute atomic E-state index is 10.3. The van der Waals surface area contributed by atoms with Gasteiger partial charge in [-0.1, -0.05) is 29.3 Å². The van der Waals surface area contributed by atoms with E-state index in [2.05, 4.69) is 20.9 Å². The first-order chi connectivity index (χ1) is 8.49. The Labute approximate surface area is 123 Å². The minimum absolute atomic E-state index is 0.242. The fraction of sp³-hybridized carbons (Fsp3) is 0.0833. The summed E-state index contributed by atoms with van der Waals surface area (Å²) in [6.45, 7) is 0. The van der Waals surface area contributed by atoms with Gasteiger partial charge in [-0.15, -0.1) is 0 Å². The van der Waals surface area contributed by atoms with Crippen LogP contribution in [0.2, 0.25) is 10.0 Å². The number of aliphatic hydroxyl groups is 1. The molecule has 1 aromatic carbocycles. The molecule has 0 amide bonds. The topological polar surface area (TPSA) is 59.1 Å². The zero-order valence-electron chi connectivity index (χ0n) is 9.07. The maximum atomic E-state index is 10.3. The van der Waals surface area contributed by atoms with Crippen molar-refractivity contribution in [2.45, 2.75) is 6.10 Å². The van der Waals surface area contributed by atoms with Crippen molar-refractivity contribution in [1.82, 2.24) is 4.98 Å². The van der Waals surface area contributed by atoms with Crippen LogP contribution in [0.5, 0.6) is 0 Å². The smallest absolute Gasteiger partial charge is 0.129 e. The van der Waals surface area contributed by atoms with Crippen molar-refractivity contribution >= 4 is 44.9 Å². The Morgan fingerprint density at radius 2 is 2.00 bits per heavy atom. The van der Waals surface area contributed by atoms with Gasteiger partial charge in [-0.2, -0.15) is 0 Å². The lowest BCUT2D eigenvalue weighted by Crippen LogP contribution is -2.05. The number of anilines is 1. The second kappa shape index (κ2) is 5.45. The standard InChI is InChI=1S/C12H9BrCl2N2O/c13-9-2-1-6(3-10(9)15)11(18)8-4-7(14)5-17-12(8)16/h1-5,11,18H,(H2,16,17). The lowest BCUT2D eigenvalue weighted by Gasteiger charge is -2.14. The second-order valence-corrected chi connectivity index (χ2v) is 5.40. The number of hydrogen-bond donors (Lipinski definition) is 2. The predicted molar refractivity (Wildman–Crippen MR) is 76.9 cm³/mol. The number of nitrogen functional groups attached to an aromatic ring is 1. The molecule has 6 heteroatoms. The molecule has 0 fully saturated rings. The van der Waals surface area contributed by atoms with E-state index in [4.69, 9.17) is 28.9 Å². The van der Waals surface area contributed by atoms with E-state index in [9.17, 15) is 5.11 Å². The van der Waals surface area contributed by atoms with Crippen LogP contribution in [0.25, 0.3) is 0 Å². The normalized spacial score (nSPS) is 12.4. The molecule has 0 aliphatic carbocycles. The Morgan fingerprint density at radius 3 is 2.67 bits per heavy atom. The minimum Gasteiger partial charge on any atom is -0.384 e. The molecule has 1 heterocycles. The number of nitrogens with zero attached hydrogens (tertiary/aromatic N) is 1. The molecule has 3 nitrogen and oxygen atoms in total. The molecule has 1 unspecified atom stereocenters. The van der Waals surface area contributed by atoms with Crippen LogP contribution in [0.4, 0.5) is 5.82 Å². The van der Waals surface area contributed by atoms with Gasteiger partial charge in [0.2, 0.25) is 0 Å². The van der Waals surface area contributed by atoms with Crippen molar-refractivity contribution in [2.75, 3.05) is 5.73 Å². The fourth-order valence-electron chi connectivity index (χ4n) is 1.55. The quantitative estimate of drug-likeness (QED) is 0.868. The monoisotopic (exact) mass is 346 g/mol. The van der Waals surface area contributed by atoms with Gasteiger partial charge in [0.05, 0.1) is 10.0 Å². The number of halogens is 3. The molecule has 2 rings (SSSR count). The van der Waals surface area contributed by atoms with Crippen LogP contribution in [0.1, 0.15) is 17.2 Å². The van der Waals surface area contributed by atoms with E-state index in [0.29, 0.717) is 21.2 Å². The summed E-state index contributed by atoms with van der Waals surface area (Å²) in [5.41, 5.74) is 6.81. The van der Waals surface area contributed by atoms with Crippen LogP contribution in [-0.2, 0) is 0 Å². The van der Waals surface area contributed by atoms with Crippen molar-refractivity contribution in [1.29, 1.82) is 0 Å². The predicted octanol–water partition coefficient (Wildman–Crippen LogP) is 3.81. The van der Waals surface area contributed by atoms with E-state index in [-0.39, 0.29) is 5.82 Å². The maximum Gasteiger partial charge on any atom is 0.129 e. The molecule has 0 bridgehead atoms. The lowest BCUT2D eigenvalue weighted by molar-refractivity contribution is 0.220. The van der Waals surface area contributed by atoms with E-state index < -0.39 is 6.10 Å². The van der Waals surface area contributed by atoms with Gasteiger partial charge in [0, 0.05) is 16.2 Å². The van der Waals surface area contributed by atoms with Gasteiger partial charge in [-0.3, -0.25) is 0 Å². The minimum atomic E-state index is -0.915. The highest BCUT2D eigenvalue weighted by Crippen LogP contribution is 2.31. The Bertz CT molecular complexity index is 592. The zero-order chi connectivity index (χ0) is 13.3. The summed E-state index contributed by atoms with van der Waals surface area (Å²) in [4.78, 5) is 3.91. The molecule has 0 spiro atoms. The molecule has 2 aromatic rings. The van der Waals surface area contributed by atoms with Crippen molar-refractivity contribution < 1.29 is 5.11 Å². The van der Waals surface area contributed by atoms with E-state index >= 15 is 0 Å². The number of benzene rings is 1. The van der Waals surface area contributed by atoms with Crippen LogP contribution in [0, 0.1) is 0 Å². The van der Waals surface area contributed by atoms with E-state index in [1.165, 1.54) is 6.20 Å². The molecular formula is C12H9BrCl2N2O. The van der Waals surface area contributed by atoms with Gasteiger partial charge in [0.15, 0.2) is 0 Å². The van der Waals surface area contributed by atoms with Crippen molar-refractivity contribution in [3.63, 3.8) is 0 Å². The first kappa shape index (κ1) is 13.6. The molecule has 1 atom stereocenters. The molecule has 94 valence electrons. The third-order valence-electron chi connectivity index (χ3n) is 2.47. The first-order valence-corrected chi connectivity index (χ1v) is 6.58.